The molecule has 2 aromatic rings. The maximum Gasteiger partial charge on any atom is 0.330 e. The van der Waals surface area contributed by atoms with Gasteiger partial charge in [0.15, 0.2) is 5.16 Å². The number of thioether (sulfide) groups is 1. The van der Waals surface area contributed by atoms with Gasteiger partial charge in [-0.15, -0.1) is 0 Å². The molecule has 3 aliphatic rings. The van der Waals surface area contributed by atoms with Crippen molar-refractivity contribution in [3.8, 4) is 11.3 Å². The predicted molar refractivity (Wildman–Crippen MR) is 113 cm³/mol. The molecule has 1 unspecified atom stereocenters. The van der Waals surface area contributed by atoms with Gasteiger partial charge in [0.1, 0.15) is 6.04 Å². The maximum absolute atomic E-state index is 13.9. The second kappa shape index (κ2) is 7.31. The number of carbonyl (C=O) groups excluding carboxylic acids is 1. The second-order valence-electron chi connectivity index (χ2n) is 8.40. The molecule has 2 aliphatic carbocycles. The van der Waals surface area contributed by atoms with E-state index in [4.69, 9.17) is 9.72 Å². The Kier molecular flexibility index (Phi) is 4.77. The third kappa shape index (κ3) is 2.95. The normalized spacial score (nSPS) is 21.8. The van der Waals surface area contributed by atoms with E-state index in [1.54, 1.807) is 11.5 Å². The molecule has 29 heavy (non-hydrogen) atoms. The quantitative estimate of drug-likeness (QED) is 0.547. The van der Waals surface area contributed by atoms with Crippen molar-refractivity contribution in [1.29, 1.82) is 0 Å². The van der Waals surface area contributed by atoms with E-state index in [9.17, 15) is 9.59 Å². The van der Waals surface area contributed by atoms with Gasteiger partial charge in [-0.2, -0.15) is 0 Å². The molecular weight excluding hydrogens is 384 g/mol. The monoisotopic (exact) mass is 410 g/mol. The zero-order chi connectivity index (χ0) is 20.0. The van der Waals surface area contributed by atoms with Crippen LogP contribution in [-0.2, 0) is 21.4 Å². The van der Waals surface area contributed by atoms with Crippen LogP contribution in [0.2, 0.25) is 0 Å². The smallest absolute Gasteiger partial charge is 0.330 e. The van der Waals surface area contributed by atoms with Crippen LogP contribution in [0.5, 0.6) is 0 Å². The lowest BCUT2D eigenvalue weighted by Gasteiger charge is -2.39. The summed E-state index contributed by atoms with van der Waals surface area (Å²) < 4.78 is 6.88. The Morgan fingerprint density at radius 2 is 2.00 bits per heavy atom. The minimum Gasteiger partial charge on any atom is -0.464 e. The molecular formula is C23H26N2O3S. The van der Waals surface area contributed by atoms with Crippen LogP contribution in [0.3, 0.4) is 0 Å². The van der Waals surface area contributed by atoms with E-state index >= 15 is 0 Å². The molecule has 1 atom stereocenters. The largest absolute Gasteiger partial charge is 0.464 e. The molecule has 0 saturated heterocycles. The van der Waals surface area contributed by atoms with Crippen molar-refractivity contribution in [2.75, 3.05) is 12.4 Å². The first kappa shape index (κ1) is 18.9. The maximum atomic E-state index is 13.9. The van der Waals surface area contributed by atoms with Gasteiger partial charge < -0.3 is 4.74 Å². The summed E-state index contributed by atoms with van der Waals surface area (Å²) in [7, 11) is 0. The standard InChI is InChI=1S/C23H26N2O3S/c1-2-28-21(27)17-14-29-22-24-19-16-10-6-5-9-15(16)13-23(11-7-3-4-8-12-23)18(19)20(26)25(17)22/h5-6,9-10,17H,2-4,7-8,11-14H2,1H3. The highest BCUT2D eigenvalue weighted by atomic mass is 32.2. The van der Waals surface area contributed by atoms with Gasteiger partial charge in [0.25, 0.3) is 5.56 Å². The molecule has 1 saturated carbocycles. The summed E-state index contributed by atoms with van der Waals surface area (Å²) in [4.78, 5) is 31.4. The van der Waals surface area contributed by atoms with Crippen LogP contribution in [0.4, 0.5) is 0 Å². The van der Waals surface area contributed by atoms with Crippen molar-refractivity contribution >= 4 is 17.7 Å². The summed E-state index contributed by atoms with van der Waals surface area (Å²) in [5.74, 6) is 0.187. The molecule has 0 bridgehead atoms. The van der Waals surface area contributed by atoms with Crippen molar-refractivity contribution < 1.29 is 9.53 Å². The first-order valence-corrected chi connectivity index (χ1v) is 11.7. The van der Waals surface area contributed by atoms with Gasteiger partial charge in [-0.3, -0.25) is 9.36 Å². The SMILES string of the molecule is CCOC(=O)C1CSc2nc3c(c(=O)n21)C1(CCCCCC1)Cc1ccccc1-3. The molecule has 0 N–H and O–H groups in total. The van der Waals surface area contributed by atoms with Gasteiger partial charge in [0, 0.05) is 16.7 Å². The first-order chi connectivity index (χ1) is 14.1. The number of aromatic nitrogens is 2. The van der Waals surface area contributed by atoms with E-state index in [1.807, 2.05) is 6.07 Å². The fourth-order valence-corrected chi connectivity index (χ4v) is 6.49. The highest BCUT2D eigenvalue weighted by Crippen LogP contribution is 2.49. The van der Waals surface area contributed by atoms with Crippen molar-refractivity contribution in [3.05, 3.63) is 45.7 Å². The molecule has 6 heteroatoms. The van der Waals surface area contributed by atoms with Crippen LogP contribution in [0.25, 0.3) is 11.3 Å². The van der Waals surface area contributed by atoms with Crippen molar-refractivity contribution in [1.82, 2.24) is 9.55 Å². The summed E-state index contributed by atoms with van der Waals surface area (Å²) in [6, 6.07) is 7.81. The Labute approximate surface area is 174 Å². The molecule has 1 spiro atoms. The van der Waals surface area contributed by atoms with E-state index in [0.717, 1.165) is 48.9 Å². The summed E-state index contributed by atoms with van der Waals surface area (Å²) in [5.41, 5.74) is 3.88. The van der Waals surface area contributed by atoms with Gasteiger partial charge in [-0.1, -0.05) is 61.7 Å². The fourth-order valence-electron chi connectivity index (χ4n) is 5.39. The number of benzene rings is 1. The molecule has 1 aliphatic heterocycles. The summed E-state index contributed by atoms with van der Waals surface area (Å²) >= 11 is 1.48. The van der Waals surface area contributed by atoms with Crippen molar-refractivity contribution in [3.63, 3.8) is 0 Å². The number of fused-ring (bicyclic) bond motifs is 5. The summed E-state index contributed by atoms with van der Waals surface area (Å²) in [6.07, 6.45) is 7.64. The van der Waals surface area contributed by atoms with E-state index in [0.29, 0.717) is 17.5 Å². The molecule has 1 aromatic heterocycles. The number of hydrogen-bond acceptors (Lipinski definition) is 5. The number of carbonyl (C=O) groups is 1. The number of hydrogen-bond donors (Lipinski definition) is 0. The molecule has 1 fully saturated rings. The Hall–Kier alpha value is -2.08. The molecule has 5 nitrogen and oxygen atoms in total. The average molecular weight is 411 g/mol. The number of ether oxygens (including phenoxy) is 1. The lowest BCUT2D eigenvalue weighted by atomic mass is 9.65. The summed E-state index contributed by atoms with van der Waals surface area (Å²) in [5, 5.41) is 0.646. The minimum absolute atomic E-state index is 0.0237. The Balaban J connectivity index is 1.75. The number of nitrogens with zero attached hydrogens (tertiary/aromatic N) is 2. The third-order valence-electron chi connectivity index (χ3n) is 6.72. The van der Waals surface area contributed by atoms with Crippen molar-refractivity contribution in [2.24, 2.45) is 0 Å². The van der Waals surface area contributed by atoms with E-state index in [1.165, 1.54) is 30.2 Å². The highest BCUT2D eigenvalue weighted by molar-refractivity contribution is 7.99. The van der Waals surface area contributed by atoms with Crippen LogP contribution >= 0.6 is 11.8 Å². The van der Waals surface area contributed by atoms with Crippen LogP contribution in [-0.4, -0.2) is 27.9 Å². The highest BCUT2D eigenvalue weighted by Gasteiger charge is 2.45. The lowest BCUT2D eigenvalue weighted by Crippen LogP contribution is -2.43. The minimum atomic E-state index is -0.569. The van der Waals surface area contributed by atoms with Crippen molar-refractivity contribution in [2.45, 2.75) is 68.5 Å². The molecule has 2 heterocycles. The van der Waals surface area contributed by atoms with Crippen LogP contribution in [0.1, 0.15) is 62.6 Å². The van der Waals surface area contributed by atoms with Gasteiger partial charge in [-0.05, 0) is 31.7 Å². The third-order valence-corrected chi connectivity index (χ3v) is 7.74. The van der Waals surface area contributed by atoms with Gasteiger partial charge in [0.05, 0.1) is 17.9 Å². The van der Waals surface area contributed by atoms with E-state index in [-0.39, 0.29) is 16.9 Å². The number of rotatable bonds is 2. The fraction of sp³-hybridized carbons (Fsp3) is 0.522. The topological polar surface area (TPSA) is 61.2 Å². The predicted octanol–water partition coefficient (Wildman–Crippen LogP) is 4.27. The number of esters is 1. The summed E-state index contributed by atoms with van der Waals surface area (Å²) in [6.45, 7) is 2.12. The average Bonchev–Trinajstić information content (AvgIpc) is 3.02. The molecule has 152 valence electrons. The zero-order valence-corrected chi connectivity index (χ0v) is 17.6. The van der Waals surface area contributed by atoms with E-state index < -0.39 is 6.04 Å². The van der Waals surface area contributed by atoms with Crippen LogP contribution in [0.15, 0.2) is 34.2 Å². The Morgan fingerprint density at radius 1 is 1.24 bits per heavy atom. The zero-order valence-electron chi connectivity index (χ0n) is 16.8. The van der Waals surface area contributed by atoms with Crippen LogP contribution < -0.4 is 5.56 Å². The van der Waals surface area contributed by atoms with Crippen LogP contribution in [0, 0.1) is 0 Å². The lowest BCUT2D eigenvalue weighted by molar-refractivity contribution is -0.146. The van der Waals surface area contributed by atoms with E-state index in [2.05, 4.69) is 18.2 Å². The molecule has 0 radical (unpaired) electrons. The first-order valence-electron chi connectivity index (χ1n) is 10.7. The van der Waals surface area contributed by atoms with Gasteiger partial charge in [0.2, 0.25) is 0 Å². The Bertz CT molecular complexity index is 1020. The van der Waals surface area contributed by atoms with Gasteiger partial charge in [-0.25, -0.2) is 9.78 Å². The second-order valence-corrected chi connectivity index (χ2v) is 9.39. The molecule has 5 rings (SSSR count). The molecule has 0 amide bonds. The van der Waals surface area contributed by atoms with Gasteiger partial charge >= 0.3 is 5.97 Å². The Morgan fingerprint density at radius 3 is 2.76 bits per heavy atom. The molecule has 1 aromatic carbocycles.